The minimum absolute atomic E-state index is 0.204. The van der Waals surface area contributed by atoms with E-state index in [1.165, 1.54) is 30.5 Å². The van der Waals surface area contributed by atoms with Gasteiger partial charge in [-0.05, 0) is 61.0 Å². The number of halogens is 2. The van der Waals surface area contributed by atoms with Crippen LogP contribution in [0.3, 0.4) is 0 Å². The summed E-state index contributed by atoms with van der Waals surface area (Å²) >= 11 is 5.99. The third-order valence-corrected chi connectivity index (χ3v) is 4.58. The Balaban J connectivity index is 1.68. The van der Waals surface area contributed by atoms with Gasteiger partial charge in [0.15, 0.2) is 0 Å². The molecule has 0 aliphatic rings. The van der Waals surface area contributed by atoms with Crippen LogP contribution in [0.2, 0.25) is 5.02 Å². The maximum absolute atomic E-state index is 13.0. The number of carbonyl (C=O) groups is 1. The Morgan fingerprint density at radius 2 is 1.86 bits per heavy atom. The van der Waals surface area contributed by atoms with Crippen LogP contribution < -0.4 is 0 Å². The largest absolute Gasteiger partial charge is 0.365 e. The summed E-state index contributed by atoms with van der Waals surface area (Å²) in [6, 6.07) is 16.2. The van der Waals surface area contributed by atoms with E-state index in [0.29, 0.717) is 16.4 Å². The summed E-state index contributed by atoms with van der Waals surface area (Å²) in [6.07, 6.45) is 3.31. The van der Waals surface area contributed by atoms with Gasteiger partial charge in [-0.1, -0.05) is 28.9 Å². The number of hydrogen-bond acceptors (Lipinski definition) is 4. The molecular formula is C22H15ClFN3O2. The van der Waals surface area contributed by atoms with Crippen LogP contribution in [0.25, 0.3) is 16.9 Å². The van der Waals surface area contributed by atoms with Crippen molar-refractivity contribution in [1.29, 1.82) is 0 Å². The molecule has 0 bridgehead atoms. The molecule has 2 aromatic heterocycles. The van der Waals surface area contributed by atoms with E-state index in [2.05, 4.69) is 10.1 Å². The van der Waals surface area contributed by atoms with Crippen molar-refractivity contribution >= 4 is 29.4 Å². The zero-order valence-corrected chi connectivity index (χ0v) is 16.1. The number of fused-ring (bicyclic) bond motifs is 1. The van der Waals surface area contributed by atoms with Gasteiger partial charge in [0, 0.05) is 16.8 Å². The monoisotopic (exact) mass is 407 g/mol. The number of rotatable bonds is 4. The summed E-state index contributed by atoms with van der Waals surface area (Å²) in [5, 5.41) is 4.46. The second kappa shape index (κ2) is 7.85. The molecule has 29 heavy (non-hydrogen) atoms. The van der Waals surface area contributed by atoms with Crippen molar-refractivity contribution in [2.75, 3.05) is 0 Å². The first-order chi connectivity index (χ1) is 14.0. The SMILES string of the molecule is Cc1ccn2c(/C=N\OC(=O)c3ccc(F)cc3)c(-c3ccc(Cl)cc3)nc2c1. The lowest BCUT2D eigenvalue weighted by Gasteiger charge is -2.01. The molecule has 0 saturated heterocycles. The number of pyridine rings is 1. The molecule has 0 unspecified atom stereocenters. The molecule has 4 aromatic rings. The molecule has 0 spiro atoms. The first-order valence-electron chi connectivity index (χ1n) is 8.76. The van der Waals surface area contributed by atoms with Crippen molar-refractivity contribution in [2.24, 2.45) is 5.16 Å². The average Bonchev–Trinajstić information content (AvgIpc) is 3.06. The zero-order valence-electron chi connectivity index (χ0n) is 15.3. The van der Waals surface area contributed by atoms with E-state index < -0.39 is 11.8 Å². The maximum atomic E-state index is 13.0. The van der Waals surface area contributed by atoms with Crippen LogP contribution in [-0.2, 0) is 4.84 Å². The second-order valence-electron chi connectivity index (χ2n) is 6.40. The van der Waals surface area contributed by atoms with E-state index in [-0.39, 0.29) is 5.56 Å². The van der Waals surface area contributed by atoms with Crippen LogP contribution in [0.1, 0.15) is 21.6 Å². The summed E-state index contributed by atoms with van der Waals surface area (Å²) < 4.78 is 14.8. The van der Waals surface area contributed by atoms with Crippen molar-refractivity contribution < 1.29 is 14.0 Å². The minimum Gasteiger partial charge on any atom is -0.313 e. The molecule has 0 aliphatic heterocycles. The van der Waals surface area contributed by atoms with E-state index in [1.807, 2.05) is 41.8 Å². The fraction of sp³-hybridized carbons (Fsp3) is 0.0455. The minimum atomic E-state index is -0.682. The van der Waals surface area contributed by atoms with E-state index in [1.54, 1.807) is 12.1 Å². The van der Waals surface area contributed by atoms with Crippen LogP contribution in [0.4, 0.5) is 4.39 Å². The molecule has 7 heteroatoms. The molecule has 0 amide bonds. The van der Waals surface area contributed by atoms with Crippen molar-refractivity contribution in [2.45, 2.75) is 6.92 Å². The standard InChI is InChI=1S/C22H15ClFN3O2/c1-14-10-11-27-19(13-25-29-22(28)16-4-8-18(24)9-5-16)21(26-20(27)12-14)15-2-6-17(23)7-3-15/h2-13H,1H3/b25-13-. The van der Waals surface area contributed by atoms with Gasteiger partial charge in [-0.15, -0.1) is 0 Å². The Hall–Kier alpha value is -3.51. The molecule has 0 radical (unpaired) electrons. The van der Waals surface area contributed by atoms with Gasteiger partial charge in [0.2, 0.25) is 0 Å². The third-order valence-electron chi connectivity index (χ3n) is 4.33. The lowest BCUT2D eigenvalue weighted by atomic mass is 10.1. The average molecular weight is 408 g/mol. The van der Waals surface area contributed by atoms with E-state index in [0.717, 1.165) is 16.8 Å². The van der Waals surface area contributed by atoms with Crippen molar-refractivity contribution in [3.05, 3.63) is 94.5 Å². The summed E-state index contributed by atoms with van der Waals surface area (Å²) in [6.45, 7) is 1.98. The van der Waals surface area contributed by atoms with Crippen molar-refractivity contribution in [3.63, 3.8) is 0 Å². The molecule has 0 aliphatic carbocycles. The van der Waals surface area contributed by atoms with Gasteiger partial charge >= 0.3 is 5.97 Å². The number of aryl methyl sites for hydroxylation is 1. The van der Waals surface area contributed by atoms with Gasteiger partial charge in [0.1, 0.15) is 11.5 Å². The summed E-state index contributed by atoms with van der Waals surface area (Å²) in [5.74, 6) is -1.11. The van der Waals surface area contributed by atoms with Gasteiger partial charge in [0.05, 0.1) is 23.2 Å². The van der Waals surface area contributed by atoms with Crippen LogP contribution in [0.5, 0.6) is 0 Å². The number of aromatic nitrogens is 2. The quantitative estimate of drug-likeness (QED) is 0.262. The number of carbonyl (C=O) groups excluding carboxylic acids is 1. The first-order valence-corrected chi connectivity index (χ1v) is 9.14. The van der Waals surface area contributed by atoms with Crippen molar-refractivity contribution in [3.8, 4) is 11.3 Å². The summed E-state index contributed by atoms with van der Waals surface area (Å²) in [4.78, 5) is 21.7. The van der Waals surface area contributed by atoms with Gasteiger partial charge in [-0.3, -0.25) is 4.40 Å². The molecule has 0 fully saturated rings. The van der Waals surface area contributed by atoms with Gasteiger partial charge in [0.25, 0.3) is 0 Å². The smallest absolute Gasteiger partial charge is 0.313 e. The molecule has 0 N–H and O–H groups in total. The van der Waals surface area contributed by atoms with Crippen molar-refractivity contribution in [1.82, 2.24) is 9.38 Å². The molecule has 2 aromatic carbocycles. The molecular weight excluding hydrogens is 393 g/mol. The Morgan fingerprint density at radius 3 is 2.59 bits per heavy atom. The summed E-state index contributed by atoms with van der Waals surface area (Å²) in [5.41, 5.74) is 4.18. The lowest BCUT2D eigenvalue weighted by molar-refractivity contribution is 0.0519. The van der Waals surface area contributed by atoms with E-state index in [9.17, 15) is 9.18 Å². The molecule has 0 atom stereocenters. The molecule has 144 valence electrons. The van der Waals surface area contributed by atoms with Gasteiger partial charge in [-0.2, -0.15) is 0 Å². The second-order valence-corrected chi connectivity index (χ2v) is 6.84. The lowest BCUT2D eigenvalue weighted by Crippen LogP contribution is -2.02. The number of hydrogen-bond donors (Lipinski definition) is 0. The Bertz CT molecular complexity index is 1220. The predicted molar refractivity (Wildman–Crippen MR) is 110 cm³/mol. The van der Waals surface area contributed by atoms with Gasteiger partial charge in [-0.25, -0.2) is 14.2 Å². The Labute approximate surface area is 171 Å². The third kappa shape index (κ3) is 4.02. The fourth-order valence-electron chi connectivity index (χ4n) is 2.87. The number of nitrogens with zero attached hydrogens (tertiary/aromatic N) is 3. The molecule has 4 rings (SSSR count). The topological polar surface area (TPSA) is 56.0 Å². The number of oxime groups is 1. The number of imidazole rings is 1. The summed E-state index contributed by atoms with van der Waals surface area (Å²) in [7, 11) is 0. The molecule has 5 nitrogen and oxygen atoms in total. The fourth-order valence-corrected chi connectivity index (χ4v) is 3.00. The van der Waals surface area contributed by atoms with Crippen LogP contribution in [0.15, 0.2) is 72.0 Å². The first kappa shape index (κ1) is 18.8. The number of benzene rings is 2. The maximum Gasteiger partial charge on any atom is 0.365 e. The van der Waals surface area contributed by atoms with E-state index >= 15 is 0 Å². The van der Waals surface area contributed by atoms with E-state index in [4.69, 9.17) is 16.4 Å². The van der Waals surface area contributed by atoms with Gasteiger partial charge < -0.3 is 4.84 Å². The van der Waals surface area contributed by atoms with Crippen LogP contribution >= 0.6 is 11.6 Å². The predicted octanol–water partition coefficient (Wildman–Crippen LogP) is 5.29. The Kier molecular flexibility index (Phi) is 5.10. The molecule has 0 saturated carbocycles. The highest BCUT2D eigenvalue weighted by Gasteiger charge is 2.14. The highest BCUT2D eigenvalue weighted by Crippen LogP contribution is 2.25. The normalized spacial score (nSPS) is 11.3. The zero-order chi connectivity index (χ0) is 20.4. The highest BCUT2D eigenvalue weighted by atomic mass is 35.5. The van der Waals surface area contributed by atoms with Crippen LogP contribution in [0, 0.1) is 12.7 Å². The van der Waals surface area contributed by atoms with Crippen LogP contribution in [-0.4, -0.2) is 21.6 Å². The Morgan fingerprint density at radius 1 is 1.14 bits per heavy atom. The highest BCUT2D eigenvalue weighted by molar-refractivity contribution is 6.30. The molecule has 2 heterocycles.